The zero-order chi connectivity index (χ0) is 11.5. The van der Waals surface area contributed by atoms with Gasteiger partial charge in [0.2, 0.25) is 0 Å². The van der Waals surface area contributed by atoms with E-state index in [2.05, 4.69) is 0 Å². The van der Waals surface area contributed by atoms with Gasteiger partial charge in [0.25, 0.3) is 0 Å². The Kier molecular flexibility index (Phi) is 3.10. The molecule has 0 saturated carbocycles. The van der Waals surface area contributed by atoms with Crippen LogP contribution in [0.15, 0.2) is 18.2 Å². The Balaban J connectivity index is 2.46. The average molecular weight is 235 g/mol. The third kappa shape index (κ3) is 1.88. The number of thiophene rings is 1. The molecule has 1 aliphatic carbocycles. The van der Waals surface area contributed by atoms with Crippen LogP contribution in [-0.4, -0.2) is 12.6 Å². The lowest BCUT2D eigenvalue weighted by atomic mass is 10.1. The van der Waals surface area contributed by atoms with Gasteiger partial charge in [-0.3, -0.25) is 0 Å². The highest BCUT2D eigenvalue weighted by Crippen LogP contribution is 2.34. The lowest BCUT2D eigenvalue weighted by Crippen LogP contribution is -2.07. The van der Waals surface area contributed by atoms with Crippen molar-refractivity contribution >= 4 is 28.4 Å². The van der Waals surface area contributed by atoms with Gasteiger partial charge in [0, 0.05) is 16.9 Å². The first-order valence-corrected chi connectivity index (χ1v) is 5.97. The standard InChI is InChI=1S/C12H13NO2S/c1-2-15-12(14)10-8-6-4-3-5-7-9(8)16-11(10)13/h3-6H,2,7,13H2,1H3. The maximum Gasteiger partial charge on any atom is 0.341 e. The van der Waals surface area contributed by atoms with E-state index in [0.29, 0.717) is 17.2 Å². The molecule has 0 bridgehead atoms. The van der Waals surface area contributed by atoms with Crippen LogP contribution >= 0.6 is 11.3 Å². The molecule has 3 nitrogen and oxygen atoms in total. The summed E-state index contributed by atoms with van der Waals surface area (Å²) >= 11 is 1.46. The maximum atomic E-state index is 11.8. The number of ether oxygens (including phenoxy) is 1. The number of anilines is 1. The van der Waals surface area contributed by atoms with Gasteiger partial charge in [-0.2, -0.15) is 0 Å². The molecule has 0 aromatic carbocycles. The summed E-state index contributed by atoms with van der Waals surface area (Å²) in [4.78, 5) is 12.9. The normalized spacial score (nSPS) is 13.3. The quantitative estimate of drug-likeness (QED) is 0.802. The number of hydrogen-bond donors (Lipinski definition) is 1. The zero-order valence-corrected chi connectivity index (χ0v) is 9.84. The topological polar surface area (TPSA) is 52.3 Å². The third-order valence-corrected chi connectivity index (χ3v) is 3.40. The number of hydrogen-bond acceptors (Lipinski definition) is 4. The second kappa shape index (κ2) is 4.53. The summed E-state index contributed by atoms with van der Waals surface area (Å²) in [6, 6.07) is 0. The number of nitrogen functional groups attached to an aromatic ring is 1. The Hall–Kier alpha value is -1.55. The molecule has 0 radical (unpaired) electrons. The summed E-state index contributed by atoms with van der Waals surface area (Å²) in [5.74, 6) is -0.330. The van der Waals surface area contributed by atoms with Crippen molar-refractivity contribution in [2.75, 3.05) is 12.3 Å². The van der Waals surface area contributed by atoms with Crippen molar-refractivity contribution in [3.05, 3.63) is 34.2 Å². The number of carbonyl (C=O) groups excluding carboxylic acids is 1. The van der Waals surface area contributed by atoms with Gasteiger partial charge in [-0.25, -0.2) is 4.79 Å². The summed E-state index contributed by atoms with van der Waals surface area (Å²) in [5.41, 5.74) is 7.29. The Bertz CT molecular complexity index is 472. The average Bonchev–Trinajstić information content (AvgIpc) is 2.43. The first-order valence-electron chi connectivity index (χ1n) is 5.15. The van der Waals surface area contributed by atoms with Crippen molar-refractivity contribution in [3.8, 4) is 0 Å². The van der Waals surface area contributed by atoms with Gasteiger partial charge < -0.3 is 10.5 Å². The molecular weight excluding hydrogens is 222 g/mol. The van der Waals surface area contributed by atoms with Crippen LogP contribution in [0, 0.1) is 0 Å². The van der Waals surface area contributed by atoms with Gasteiger partial charge in [-0.15, -0.1) is 11.3 Å². The Morgan fingerprint density at radius 1 is 1.56 bits per heavy atom. The molecule has 0 atom stereocenters. The fourth-order valence-corrected chi connectivity index (χ4v) is 2.68. The van der Waals surface area contributed by atoms with E-state index in [-0.39, 0.29) is 5.97 Å². The Morgan fingerprint density at radius 3 is 3.12 bits per heavy atom. The minimum atomic E-state index is -0.330. The van der Waals surface area contributed by atoms with Gasteiger partial charge >= 0.3 is 5.97 Å². The predicted molar refractivity (Wildman–Crippen MR) is 66.6 cm³/mol. The molecule has 0 spiro atoms. The van der Waals surface area contributed by atoms with Crippen LogP contribution in [0.4, 0.5) is 5.00 Å². The van der Waals surface area contributed by atoms with Crippen molar-refractivity contribution in [1.82, 2.24) is 0 Å². The van der Waals surface area contributed by atoms with Gasteiger partial charge in [-0.05, 0) is 6.92 Å². The monoisotopic (exact) mass is 235 g/mol. The van der Waals surface area contributed by atoms with Crippen LogP contribution in [0.1, 0.15) is 27.7 Å². The minimum Gasteiger partial charge on any atom is -0.462 e. The fraction of sp³-hybridized carbons (Fsp3) is 0.250. The number of fused-ring (bicyclic) bond motifs is 1. The van der Waals surface area contributed by atoms with Crippen LogP contribution < -0.4 is 5.73 Å². The van der Waals surface area contributed by atoms with E-state index in [0.717, 1.165) is 16.9 Å². The fourth-order valence-electron chi connectivity index (χ4n) is 1.66. The highest BCUT2D eigenvalue weighted by molar-refractivity contribution is 7.16. The van der Waals surface area contributed by atoms with Crippen LogP contribution in [0.25, 0.3) is 6.08 Å². The summed E-state index contributed by atoms with van der Waals surface area (Å²) in [6.45, 7) is 2.15. The summed E-state index contributed by atoms with van der Waals surface area (Å²) in [6.07, 6.45) is 8.67. The van der Waals surface area contributed by atoms with E-state index in [1.807, 2.05) is 24.3 Å². The third-order valence-electron chi connectivity index (χ3n) is 2.34. The largest absolute Gasteiger partial charge is 0.462 e. The first kappa shape index (κ1) is 11.0. The smallest absolute Gasteiger partial charge is 0.341 e. The molecule has 0 aliphatic heterocycles. The van der Waals surface area contributed by atoms with E-state index in [1.54, 1.807) is 6.92 Å². The van der Waals surface area contributed by atoms with Crippen LogP contribution in [0.3, 0.4) is 0 Å². The molecule has 84 valence electrons. The summed E-state index contributed by atoms with van der Waals surface area (Å²) in [7, 11) is 0. The second-order valence-corrected chi connectivity index (χ2v) is 4.53. The number of nitrogens with two attached hydrogens (primary N) is 1. The van der Waals surface area contributed by atoms with E-state index in [9.17, 15) is 4.79 Å². The molecule has 4 heteroatoms. The van der Waals surface area contributed by atoms with Gasteiger partial charge in [-0.1, -0.05) is 24.3 Å². The SMILES string of the molecule is CCOC(=O)c1c(N)sc2c1C=CC=CC2. The van der Waals surface area contributed by atoms with Crippen molar-refractivity contribution in [1.29, 1.82) is 0 Å². The lowest BCUT2D eigenvalue weighted by molar-refractivity contribution is 0.0528. The van der Waals surface area contributed by atoms with E-state index in [1.165, 1.54) is 11.3 Å². The molecular formula is C12H13NO2S. The highest BCUT2D eigenvalue weighted by atomic mass is 32.1. The molecule has 2 rings (SSSR count). The van der Waals surface area contributed by atoms with Crippen molar-refractivity contribution in [3.63, 3.8) is 0 Å². The molecule has 1 aromatic rings. The summed E-state index contributed by atoms with van der Waals surface area (Å²) in [5, 5.41) is 0.545. The predicted octanol–water partition coefficient (Wildman–Crippen LogP) is 2.63. The zero-order valence-electron chi connectivity index (χ0n) is 9.03. The van der Waals surface area contributed by atoms with Crippen molar-refractivity contribution in [2.45, 2.75) is 13.3 Å². The van der Waals surface area contributed by atoms with Crippen LogP contribution in [0.2, 0.25) is 0 Å². The Morgan fingerprint density at radius 2 is 2.38 bits per heavy atom. The summed E-state index contributed by atoms with van der Waals surface area (Å²) < 4.78 is 5.01. The molecule has 0 unspecified atom stereocenters. The second-order valence-electron chi connectivity index (χ2n) is 3.39. The molecule has 0 amide bonds. The number of allylic oxidation sites excluding steroid dienone is 3. The van der Waals surface area contributed by atoms with Crippen LogP contribution in [-0.2, 0) is 11.2 Å². The first-order chi connectivity index (χ1) is 7.74. The van der Waals surface area contributed by atoms with Crippen LogP contribution in [0.5, 0.6) is 0 Å². The number of esters is 1. The molecule has 2 N–H and O–H groups in total. The molecule has 1 aromatic heterocycles. The molecule has 16 heavy (non-hydrogen) atoms. The van der Waals surface area contributed by atoms with Crippen molar-refractivity contribution < 1.29 is 9.53 Å². The van der Waals surface area contributed by atoms with Gasteiger partial charge in [0.05, 0.1) is 6.61 Å². The Labute approximate surface area is 98.2 Å². The molecule has 1 heterocycles. The minimum absolute atomic E-state index is 0.330. The van der Waals surface area contributed by atoms with E-state index < -0.39 is 0 Å². The van der Waals surface area contributed by atoms with E-state index in [4.69, 9.17) is 10.5 Å². The maximum absolute atomic E-state index is 11.8. The van der Waals surface area contributed by atoms with Gasteiger partial charge in [0.15, 0.2) is 0 Å². The molecule has 0 fully saturated rings. The van der Waals surface area contributed by atoms with Crippen molar-refractivity contribution in [2.24, 2.45) is 0 Å². The molecule has 0 saturated heterocycles. The highest BCUT2D eigenvalue weighted by Gasteiger charge is 2.21. The van der Waals surface area contributed by atoms with Gasteiger partial charge in [0.1, 0.15) is 10.6 Å². The number of rotatable bonds is 2. The molecule has 1 aliphatic rings. The van der Waals surface area contributed by atoms with E-state index >= 15 is 0 Å². The lowest BCUT2D eigenvalue weighted by Gasteiger charge is -2.02. The number of carbonyl (C=O) groups is 1.